The van der Waals surface area contributed by atoms with Gasteiger partial charge in [-0.1, -0.05) is 6.92 Å². The standard InChI is InChI=1S/C18H19FN4O3S/c1-3-14(24)13-9-26-17-15(27-22-13)8-23(2)16(17)18(25)21-11-4-5-12(19)10(6-11)7-20/h4-6,8,13-14,22,24H,3,9H2,1-2H3,(H,21,25). The molecule has 142 valence electrons. The summed E-state index contributed by atoms with van der Waals surface area (Å²) in [4.78, 5) is 13.5. The first-order valence-corrected chi connectivity index (χ1v) is 9.19. The van der Waals surface area contributed by atoms with Gasteiger partial charge < -0.3 is 19.7 Å². The van der Waals surface area contributed by atoms with Gasteiger partial charge in [-0.15, -0.1) is 0 Å². The lowest BCUT2D eigenvalue weighted by molar-refractivity contribution is 0.0993. The number of benzene rings is 1. The summed E-state index contributed by atoms with van der Waals surface area (Å²) < 4.78 is 24.1. The van der Waals surface area contributed by atoms with Crippen molar-refractivity contribution in [3.8, 4) is 11.8 Å². The third-order valence-electron chi connectivity index (χ3n) is 4.27. The number of carbonyl (C=O) groups is 1. The highest BCUT2D eigenvalue weighted by Gasteiger charge is 2.29. The summed E-state index contributed by atoms with van der Waals surface area (Å²) in [5.41, 5.74) is 0.464. The van der Waals surface area contributed by atoms with Crippen LogP contribution < -0.4 is 14.8 Å². The Balaban J connectivity index is 1.83. The van der Waals surface area contributed by atoms with Crippen LogP contribution in [-0.2, 0) is 7.05 Å². The molecule has 1 aromatic heterocycles. The quantitative estimate of drug-likeness (QED) is 0.694. The van der Waals surface area contributed by atoms with Crippen LogP contribution in [0.5, 0.6) is 5.75 Å². The van der Waals surface area contributed by atoms with E-state index in [-0.39, 0.29) is 18.2 Å². The molecule has 0 bridgehead atoms. The molecule has 1 amide bonds. The molecule has 1 aliphatic rings. The molecule has 0 aliphatic carbocycles. The summed E-state index contributed by atoms with van der Waals surface area (Å²) in [6.45, 7) is 2.10. The highest BCUT2D eigenvalue weighted by Crippen LogP contribution is 2.36. The second-order valence-electron chi connectivity index (χ2n) is 6.16. The molecule has 1 aromatic carbocycles. The van der Waals surface area contributed by atoms with Gasteiger partial charge in [0.15, 0.2) is 11.4 Å². The van der Waals surface area contributed by atoms with E-state index in [2.05, 4.69) is 10.0 Å². The number of hydrogen-bond donors (Lipinski definition) is 3. The zero-order chi connectivity index (χ0) is 19.6. The summed E-state index contributed by atoms with van der Waals surface area (Å²) in [6.07, 6.45) is 1.78. The van der Waals surface area contributed by atoms with Crippen LogP contribution in [0, 0.1) is 17.1 Å². The Morgan fingerprint density at radius 3 is 3.11 bits per heavy atom. The number of anilines is 1. The van der Waals surface area contributed by atoms with Crippen LogP contribution in [0.4, 0.5) is 10.1 Å². The van der Waals surface area contributed by atoms with Gasteiger partial charge in [0, 0.05) is 18.9 Å². The Morgan fingerprint density at radius 2 is 2.41 bits per heavy atom. The van der Waals surface area contributed by atoms with E-state index >= 15 is 0 Å². The van der Waals surface area contributed by atoms with Gasteiger partial charge in [0.1, 0.15) is 18.5 Å². The van der Waals surface area contributed by atoms with E-state index in [0.717, 1.165) is 11.0 Å². The highest BCUT2D eigenvalue weighted by atomic mass is 32.2. The van der Waals surface area contributed by atoms with Gasteiger partial charge in [-0.2, -0.15) is 5.26 Å². The van der Waals surface area contributed by atoms with Gasteiger partial charge in [-0.05, 0) is 36.6 Å². The van der Waals surface area contributed by atoms with Gasteiger partial charge in [0.05, 0.1) is 22.6 Å². The zero-order valence-corrected chi connectivity index (χ0v) is 15.6. The Bertz CT molecular complexity index is 909. The average molecular weight is 390 g/mol. The van der Waals surface area contributed by atoms with Crippen molar-refractivity contribution in [3.63, 3.8) is 0 Å². The van der Waals surface area contributed by atoms with Crippen molar-refractivity contribution < 1.29 is 19.0 Å². The number of aromatic nitrogens is 1. The molecule has 0 fully saturated rings. The molecule has 7 nitrogen and oxygen atoms in total. The molecule has 0 spiro atoms. The first-order valence-electron chi connectivity index (χ1n) is 8.38. The third-order valence-corrected chi connectivity index (χ3v) is 5.20. The highest BCUT2D eigenvalue weighted by molar-refractivity contribution is 7.97. The maximum Gasteiger partial charge on any atom is 0.276 e. The molecule has 2 unspecified atom stereocenters. The summed E-state index contributed by atoms with van der Waals surface area (Å²) in [5, 5.41) is 21.6. The lowest BCUT2D eigenvalue weighted by atomic mass is 10.1. The van der Waals surface area contributed by atoms with Gasteiger partial charge in [0.25, 0.3) is 5.91 Å². The van der Waals surface area contributed by atoms with Crippen LogP contribution in [0.3, 0.4) is 0 Å². The van der Waals surface area contributed by atoms with Crippen LogP contribution in [0.25, 0.3) is 0 Å². The topological polar surface area (TPSA) is 99.3 Å². The molecule has 3 rings (SSSR count). The van der Waals surface area contributed by atoms with E-state index in [9.17, 15) is 14.3 Å². The number of ether oxygens (including phenoxy) is 1. The first kappa shape index (κ1) is 19.2. The van der Waals surface area contributed by atoms with E-state index in [1.807, 2.05) is 6.92 Å². The second-order valence-corrected chi connectivity index (χ2v) is 7.04. The summed E-state index contributed by atoms with van der Waals surface area (Å²) in [5.74, 6) is -0.667. The molecule has 27 heavy (non-hydrogen) atoms. The molecular formula is C18H19FN4O3S. The Kier molecular flexibility index (Phi) is 5.70. The fourth-order valence-corrected chi connectivity index (χ4v) is 3.71. The van der Waals surface area contributed by atoms with Crippen molar-refractivity contribution in [2.75, 3.05) is 11.9 Å². The normalized spacial score (nSPS) is 17.2. The predicted octanol–water partition coefficient (Wildman–Crippen LogP) is 2.42. The molecule has 2 heterocycles. The number of nitrogens with zero attached hydrogens (tertiary/aromatic N) is 2. The number of fused-ring (bicyclic) bond motifs is 1. The lowest BCUT2D eigenvalue weighted by Gasteiger charge is -2.20. The summed E-state index contributed by atoms with van der Waals surface area (Å²) in [6, 6.07) is 5.28. The average Bonchev–Trinajstić information content (AvgIpc) is 2.84. The van der Waals surface area contributed by atoms with E-state index in [0.29, 0.717) is 23.6 Å². The minimum Gasteiger partial charge on any atom is -0.488 e. The number of hydrogen-bond acceptors (Lipinski definition) is 6. The Labute approximate surface area is 160 Å². The van der Waals surface area contributed by atoms with Gasteiger partial charge in [-0.25, -0.2) is 4.39 Å². The minimum absolute atomic E-state index is 0.147. The van der Waals surface area contributed by atoms with Crippen molar-refractivity contribution in [1.82, 2.24) is 9.29 Å². The van der Waals surface area contributed by atoms with Crippen LogP contribution in [-0.4, -0.2) is 34.3 Å². The monoisotopic (exact) mass is 390 g/mol. The fourth-order valence-electron chi connectivity index (χ4n) is 2.75. The Morgan fingerprint density at radius 1 is 1.63 bits per heavy atom. The largest absolute Gasteiger partial charge is 0.488 e. The number of amides is 1. The number of aliphatic hydroxyl groups is 1. The van der Waals surface area contributed by atoms with Crippen molar-refractivity contribution in [1.29, 1.82) is 5.26 Å². The van der Waals surface area contributed by atoms with Gasteiger partial charge in [-0.3, -0.25) is 9.52 Å². The first-order chi connectivity index (χ1) is 12.9. The zero-order valence-electron chi connectivity index (χ0n) is 14.8. The van der Waals surface area contributed by atoms with Crippen molar-refractivity contribution in [2.45, 2.75) is 30.4 Å². The number of nitrogens with one attached hydrogen (secondary N) is 2. The number of nitriles is 1. The number of rotatable bonds is 4. The van der Waals surface area contributed by atoms with Crippen molar-refractivity contribution in [2.24, 2.45) is 7.05 Å². The SMILES string of the molecule is CCC(O)C1COc2c(cn(C)c2C(=O)Nc2ccc(F)c(C#N)c2)SN1. The predicted molar refractivity (Wildman–Crippen MR) is 99.1 cm³/mol. The van der Waals surface area contributed by atoms with Crippen LogP contribution in [0.15, 0.2) is 29.3 Å². The number of halogens is 1. The van der Waals surface area contributed by atoms with Crippen LogP contribution in [0.1, 0.15) is 29.4 Å². The molecule has 0 saturated carbocycles. The van der Waals surface area contributed by atoms with Crippen LogP contribution >= 0.6 is 11.9 Å². The van der Waals surface area contributed by atoms with Crippen LogP contribution in [0.2, 0.25) is 0 Å². The summed E-state index contributed by atoms with van der Waals surface area (Å²) >= 11 is 1.30. The molecular weight excluding hydrogens is 371 g/mol. The van der Waals surface area contributed by atoms with E-state index < -0.39 is 17.8 Å². The van der Waals surface area contributed by atoms with E-state index in [1.54, 1.807) is 23.9 Å². The Hall–Kier alpha value is -2.54. The maximum absolute atomic E-state index is 13.5. The number of carbonyl (C=O) groups excluding carboxylic acids is 1. The molecule has 0 saturated heterocycles. The number of aryl methyl sites for hydroxylation is 1. The second kappa shape index (κ2) is 8.00. The number of aliphatic hydroxyl groups excluding tert-OH is 1. The summed E-state index contributed by atoms with van der Waals surface area (Å²) in [7, 11) is 1.72. The molecule has 0 radical (unpaired) electrons. The van der Waals surface area contributed by atoms with Gasteiger partial charge >= 0.3 is 0 Å². The molecule has 1 aliphatic heterocycles. The molecule has 2 atom stereocenters. The van der Waals surface area contributed by atoms with E-state index in [4.69, 9.17) is 10.00 Å². The van der Waals surface area contributed by atoms with Crippen molar-refractivity contribution in [3.05, 3.63) is 41.5 Å². The molecule has 2 aromatic rings. The lowest BCUT2D eigenvalue weighted by Crippen LogP contribution is -2.39. The minimum atomic E-state index is -0.644. The molecule has 9 heteroatoms. The van der Waals surface area contributed by atoms with Crippen molar-refractivity contribution >= 4 is 23.5 Å². The van der Waals surface area contributed by atoms with E-state index in [1.165, 1.54) is 24.1 Å². The fraction of sp³-hybridized carbons (Fsp3) is 0.333. The maximum atomic E-state index is 13.5. The smallest absolute Gasteiger partial charge is 0.276 e. The molecule has 3 N–H and O–H groups in total. The van der Waals surface area contributed by atoms with Gasteiger partial charge in [0.2, 0.25) is 0 Å². The third kappa shape index (κ3) is 3.93.